The molecule has 0 saturated carbocycles. The maximum absolute atomic E-state index is 15.4. The number of amides is 1. The first-order chi connectivity index (χ1) is 17.1. The Balaban J connectivity index is 1.61. The van der Waals surface area contributed by atoms with Crippen LogP contribution in [0.15, 0.2) is 48.5 Å². The van der Waals surface area contributed by atoms with Gasteiger partial charge in [-0.3, -0.25) is 9.59 Å². The van der Waals surface area contributed by atoms with Crippen molar-refractivity contribution in [3.05, 3.63) is 71.0 Å². The van der Waals surface area contributed by atoms with Crippen LogP contribution >= 0.6 is 0 Å². The zero-order chi connectivity index (χ0) is 25.9. The first-order valence-corrected chi connectivity index (χ1v) is 13.6. The summed E-state index contributed by atoms with van der Waals surface area (Å²) in [4.78, 5) is 24.0. The van der Waals surface area contributed by atoms with E-state index in [9.17, 15) is 18.0 Å². The molecule has 0 bridgehead atoms. The number of rotatable bonds is 7. The lowest BCUT2D eigenvalue weighted by atomic mass is 9.73. The predicted molar refractivity (Wildman–Crippen MR) is 132 cm³/mol. The van der Waals surface area contributed by atoms with Crippen LogP contribution in [-0.4, -0.2) is 63.0 Å². The van der Waals surface area contributed by atoms with Crippen molar-refractivity contribution in [3.8, 4) is 0 Å². The lowest BCUT2D eigenvalue weighted by Gasteiger charge is -2.37. The molecule has 1 unspecified atom stereocenters. The maximum Gasteiger partial charge on any atom is 0.322 e. The minimum atomic E-state index is -3.62. The van der Waals surface area contributed by atoms with Crippen LogP contribution in [0.5, 0.6) is 0 Å². The van der Waals surface area contributed by atoms with Crippen LogP contribution in [0.2, 0.25) is 0 Å². The molecule has 4 rings (SSSR count). The van der Waals surface area contributed by atoms with Crippen LogP contribution in [0.1, 0.15) is 41.7 Å². The number of aliphatic carboxylic acids is 1. The molecular formula is C26H31FN2O6S. The second kappa shape index (κ2) is 10.7. The van der Waals surface area contributed by atoms with Gasteiger partial charge in [-0.1, -0.05) is 42.5 Å². The Morgan fingerprint density at radius 2 is 1.86 bits per heavy atom. The SMILES string of the molecule is C[C@@H]1NC[C@@H](c2ccccc2)S(=O)(=O)C1Cc1ccc(C2(C(=O)NCC(=O)O)CCOCC2)cc1F. The molecule has 2 aromatic carbocycles. The highest BCUT2D eigenvalue weighted by Gasteiger charge is 2.44. The second-order valence-electron chi connectivity index (χ2n) is 9.50. The third-order valence-corrected chi connectivity index (χ3v) is 10.0. The van der Waals surface area contributed by atoms with Gasteiger partial charge in [-0.2, -0.15) is 0 Å². The summed E-state index contributed by atoms with van der Waals surface area (Å²) >= 11 is 0. The summed E-state index contributed by atoms with van der Waals surface area (Å²) in [7, 11) is -3.62. The summed E-state index contributed by atoms with van der Waals surface area (Å²) in [5.41, 5.74) is 0.265. The standard InChI is InChI=1S/C26H31FN2O6S/c1-17-22(36(33,34)23(15-28-17)18-5-3-2-4-6-18)13-19-7-8-20(14-21(19)27)26(9-11-35-12-10-26)25(32)29-16-24(30)31/h2-8,14,17,22-23,28H,9-13,15-16H2,1H3,(H,29,32)(H,30,31)/t17-,22?,23-/m0/s1. The molecule has 194 valence electrons. The Hall–Kier alpha value is -2.82. The van der Waals surface area contributed by atoms with E-state index in [1.807, 2.05) is 6.07 Å². The monoisotopic (exact) mass is 518 g/mol. The van der Waals surface area contributed by atoms with Gasteiger partial charge in [-0.25, -0.2) is 12.8 Å². The number of carboxylic acids is 1. The highest BCUT2D eigenvalue weighted by molar-refractivity contribution is 7.92. The van der Waals surface area contributed by atoms with Gasteiger partial charge in [0.05, 0.1) is 15.9 Å². The van der Waals surface area contributed by atoms with E-state index in [4.69, 9.17) is 9.84 Å². The van der Waals surface area contributed by atoms with Crippen LogP contribution in [0, 0.1) is 5.82 Å². The number of benzene rings is 2. The minimum Gasteiger partial charge on any atom is -0.480 e. The molecular weight excluding hydrogens is 487 g/mol. The van der Waals surface area contributed by atoms with Crippen molar-refractivity contribution in [3.63, 3.8) is 0 Å². The average Bonchev–Trinajstić information content (AvgIpc) is 2.86. The second-order valence-corrected chi connectivity index (χ2v) is 11.9. The number of hydrogen-bond acceptors (Lipinski definition) is 6. The Morgan fingerprint density at radius 1 is 1.17 bits per heavy atom. The van der Waals surface area contributed by atoms with Crippen molar-refractivity contribution in [1.29, 1.82) is 0 Å². The van der Waals surface area contributed by atoms with Crippen molar-refractivity contribution in [2.45, 2.75) is 48.1 Å². The Labute approximate surface area is 210 Å². The molecule has 2 fully saturated rings. The molecule has 0 radical (unpaired) electrons. The van der Waals surface area contributed by atoms with Gasteiger partial charge < -0.3 is 20.5 Å². The van der Waals surface area contributed by atoms with E-state index in [-0.39, 0.29) is 44.1 Å². The molecule has 1 amide bonds. The Morgan fingerprint density at radius 3 is 2.50 bits per heavy atom. The zero-order valence-corrected chi connectivity index (χ0v) is 20.9. The van der Waals surface area contributed by atoms with Crippen molar-refractivity contribution in [2.75, 3.05) is 26.3 Å². The molecule has 2 aliphatic heterocycles. The maximum atomic E-state index is 15.4. The number of ether oxygens (including phenoxy) is 1. The van der Waals surface area contributed by atoms with Gasteiger partial charge in [-0.05, 0) is 48.9 Å². The van der Waals surface area contributed by atoms with Crippen molar-refractivity contribution >= 4 is 21.7 Å². The summed E-state index contributed by atoms with van der Waals surface area (Å²) in [5.74, 6) is -2.25. The molecule has 0 spiro atoms. The molecule has 10 heteroatoms. The highest BCUT2D eigenvalue weighted by atomic mass is 32.2. The number of carbonyl (C=O) groups excluding carboxylic acids is 1. The molecule has 8 nitrogen and oxygen atoms in total. The predicted octanol–water partition coefficient (Wildman–Crippen LogP) is 2.13. The number of carbonyl (C=O) groups is 2. The average molecular weight is 519 g/mol. The summed E-state index contributed by atoms with van der Waals surface area (Å²) in [6.45, 7) is 2.12. The number of nitrogens with one attached hydrogen (secondary N) is 2. The van der Waals surface area contributed by atoms with E-state index in [1.54, 1.807) is 43.3 Å². The fourth-order valence-corrected chi connectivity index (χ4v) is 7.59. The number of halogens is 1. The number of hydrogen-bond donors (Lipinski definition) is 3. The van der Waals surface area contributed by atoms with E-state index in [1.165, 1.54) is 6.07 Å². The lowest BCUT2D eigenvalue weighted by molar-refractivity contribution is -0.139. The molecule has 3 N–H and O–H groups in total. The van der Waals surface area contributed by atoms with E-state index < -0.39 is 50.0 Å². The lowest BCUT2D eigenvalue weighted by Crippen LogP contribution is -2.53. The minimum absolute atomic E-state index is 0.00668. The fourth-order valence-electron chi connectivity index (χ4n) is 5.22. The van der Waals surface area contributed by atoms with Gasteiger partial charge in [0.15, 0.2) is 9.84 Å². The molecule has 36 heavy (non-hydrogen) atoms. The number of sulfone groups is 1. The molecule has 0 aromatic heterocycles. The van der Waals surface area contributed by atoms with Gasteiger partial charge in [0.2, 0.25) is 5.91 Å². The molecule has 2 saturated heterocycles. The van der Waals surface area contributed by atoms with Gasteiger partial charge in [0.1, 0.15) is 12.4 Å². The van der Waals surface area contributed by atoms with Crippen LogP contribution in [0.4, 0.5) is 4.39 Å². The Kier molecular flexibility index (Phi) is 7.77. The van der Waals surface area contributed by atoms with Crippen LogP contribution in [0.25, 0.3) is 0 Å². The summed E-state index contributed by atoms with van der Waals surface area (Å²) in [5, 5.41) is 13.1. The van der Waals surface area contributed by atoms with Crippen LogP contribution in [0.3, 0.4) is 0 Å². The molecule has 2 aliphatic rings. The van der Waals surface area contributed by atoms with Crippen molar-refractivity contribution < 1.29 is 32.2 Å². The van der Waals surface area contributed by atoms with E-state index in [0.717, 1.165) is 0 Å². The summed E-state index contributed by atoms with van der Waals surface area (Å²) < 4.78 is 47.9. The van der Waals surface area contributed by atoms with Gasteiger partial charge in [0.25, 0.3) is 0 Å². The zero-order valence-electron chi connectivity index (χ0n) is 20.1. The first kappa shape index (κ1) is 26.2. The quantitative estimate of drug-likeness (QED) is 0.513. The van der Waals surface area contributed by atoms with E-state index >= 15 is 4.39 Å². The molecule has 2 aromatic rings. The van der Waals surface area contributed by atoms with Crippen LogP contribution < -0.4 is 10.6 Å². The number of carboxylic acid groups (broad SMARTS) is 1. The topological polar surface area (TPSA) is 122 Å². The smallest absolute Gasteiger partial charge is 0.322 e. The normalized spacial score (nSPS) is 25.1. The van der Waals surface area contributed by atoms with Crippen LogP contribution in [-0.2, 0) is 36.0 Å². The third-order valence-electron chi connectivity index (χ3n) is 7.38. The fraction of sp³-hybridized carbons (Fsp3) is 0.462. The Bertz CT molecular complexity index is 1210. The van der Waals surface area contributed by atoms with Crippen molar-refractivity contribution in [2.24, 2.45) is 0 Å². The summed E-state index contributed by atoms with van der Waals surface area (Å²) in [6.07, 6.45) is 0.565. The van der Waals surface area contributed by atoms with E-state index in [2.05, 4.69) is 10.6 Å². The van der Waals surface area contributed by atoms with Gasteiger partial charge in [-0.15, -0.1) is 0 Å². The summed E-state index contributed by atoms with van der Waals surface area (Å²) in [6, 6.07) is 13.1. The van der Waals surface area contributed by atoms with E-state index in [0.29, 0.717) is 17.7 Å². The molecule has 3 atom stereocenters. The molecule has 2 heterocycles. The third kappa shape index (κ3) is 5.16. The largest absolute Gasteiger partial charge is 0.480 e. The molecule has 0 aliphatic carbocycles. The highest BCUT2D eigenvalue weighted by Crippen LogP contribution is 2.37. The first-order valence-electron chi connectivity index (χ1n) is 12.0. The van der Waals surface area contributed by atoms with Gasteiger partial charge in [0, 0.05) is 25.8 Å². The van der Waals surface area contributed by atoms with Crippen molar-refractivity contribution in [1.82, 2.24) is 10.6 Å². The van der Waals surface area contributed by atoms with Gasteiger partial charge >= 0.3 is 5.97 Å².